The molecule has 0 saturated carbocycles. The average molecular weight is 260 g/mol. The first-order valence-electron chi connectivity index (χ1n) is 6.53. The highest BCUT2D eigenvalue weighted by atomic mass is 16.6. The lowest BCUT2D eigenvalue weighted by atomic mass is 10.1. The van der Waals surface area contributed by atoms with Crippen LogP contribution in [-0.4, -0.2) is 36.9 Å². The average Bonchev–Trinajstić information content (AvgIpc) is 2.34. The molecule has 0 aliphatic rings. The molecule has 1 N–H and O–H groups in total. The van der Waals surface area contributed by atoms with Gasteiger partial charge < -0.3 is 14.6 Å². The number of unbranched alkanes of at least 4 members (excludes halogenated alkanes) is 5. The molecule has 0 saturated heterocycles. The van der Waals surface area contributed by atoms with E-state index in [0.29, 0.717) is 6.61 Å². The van der Waals surface area contributed by atoms with Crippen LogP contribution in [0.25, 0.3) is 0 Å². The molecule has 0 rings (SSSR count). The number of rotatable bonds is 11. The van der Waals surface area contributed by atoms with Gasteiger partial charge in [-0.05, 0) is 6.42 Å². The van der Waals surface area contributed by atoms with E-state index in [1.165, 1.54) is 26.4 Å². The SMILES string of the molecule is CCCCCCCCOC(=O)C(CC(=O)O)OC. The first kappa shape index (κ1) is 16.9. The Morgan fingerprint density at radius 2 is 1.72 bits per heavy atom. The molecule has 0 fully saturated rings. The zero-order valence-corrected chi connectivity index (χ0v) is 11.3. The first-order valence-corrected chi connectivity index (χ1v) is 6.53. The minimum atomic E-state index is -1.07. The molecule has 0 amide bonds. The lowest BCUT2D eigenvalue weighted by Gasteiger charge is -2.12. The van der Waals surface area contributed by atoms with Crippen LogP contribution in [0.2, 0.25) is 0 Å². The van der Waals surface area contributed by atoms with Crippen molar-refractivity contribution in [2.24, 2.45) is 0 Å². The maximum atomic E-state index is 11.4. The van der Waals surface area contributed by atoms with Crippen molar-refractivity contribution >= 4 is 11.9 Å². The van der Waals surface area contributed by atoms with Crippen LogP contribution in [0.1, 0.15) is 51.9 Å². The van der Waals surface area contributed by atoms with Gasteiger partial charge in [0, 0.05) is 7.11 Å². The van der Waals surface area contributed by atoms with E-state index in [0.717, 1.165) is 19.3 Å². The van der Waals surface area contributed by atoms with Crippen molar-refractivity contribution in [1.29, 1.82) is 0 Å². The van der Waals surface area contributed by atoms with Crippen LogP contribution < -0.4 is 0 Å². The summed E-state index contributed by atoms with van der Waals surface area (Å²) in [6, 6.07) is 0. The van der Waals surface area contributed by atoms with Crippen LogP contribution >= 0.6 is 0 Å². The molecule has 0 bridgehead atoms. The normalized spacial score (nSPS) is 12.1. The van der Waals surface area contributed by atoms with Crippen LogP contribution in [0.4, 0.5) is 0 Å². The van der Waals surface area contributed by atoms with E-state index in [1.54, 1.807) is 0 Å². The molecule has 0 spiro atoms. The monoisotopic (exact) mass is 260 g/mol. The summed E-state index contributed by atoms with van der Waals surface area (Å²) in [7, 11) is 1.31. The second-order valence-electron chi connectivity index (χ2n) is 4.26. The Labute approximate surface area is 108 Å². The van der Waals surface area contributed by atoms with Crippen molar-refractivity contribution < 1.29 is 24.2 Å². The Morgan fingerprint density at radius 1 is 1.11 bits per heavy atom. The Bertz CT molecular complexity index is 240. The van der Waals surface area contributed by atoms with Gasteiger partial charge in [0.05, 0.1) is 13.0 Å². The molecule has 0 aromatic rings. The lowest BCUT2D eigenvalue weighted by molar-refractivity contribution is -0.160. The number of aliphatic carboxylic acids is 1. The van der Waals surface area contributed by atoms with Crippen molar-refractivity contribution in [2.45, 2.75) is 58.0 Å². The highest BCUT2D eigenvalue weighted by molar-refractivity contribution is 5.81. The topological polar surface area (TPSA) is 72.8 Å². The maximum Gasteiger partial charge on any atom is 0.335 e. The smallest absolute Gasteiger partial charge is 0.335 e. The third kappa shape index (κ3) is 8.98. The molecule has 0 aromatic carbocycles. The summed E-state index contributed by atoms with van der Waals surface area (Å²) in [5, 5.41) is 8.57. The summed E-state index contributed by atoms with van der Waals surface area (Å²) < 4.78 is 9.75. The summed E-state index contributed by atoms with van der Waals surface area (Å²) >= 11 is 0. The summed E-state index contributed by atoms with van der Waals surface area (Å²) in [5.74, 6) is -1.66. The summed E-state index contributed by atoms with van der Waals surface area (Å²) in [6.07, 6.45) is 5.30. The molecule has 0 aliphatic heterocycles. The fraction of sp³-hybridized carbons (Fsp3) is 0.846. The van der Waals surface area contributed by atoms with Crippen molar-refractivity contribution in [2.75, 3.05) is 13.7 Å². The molecule has 18 heavy (non-hydrogen) atoms. The van der Waals surface area contributed by atoms with Gasteiger partial charge in [0.1, 0.15) is 0 Å². The minimum Gasteiger partial charge on any atom is -0.481 e. The van der Waals surface area contributed by atoms with Gasteiger partial charge in [0.2, 0.25) is 0 Å². The van der Waals surface area contributed by atoms with Gasteiger partial charge >= 0.3 is 11.9 Å². The number of carboxylic acid groups (broad SMARTS) is 1. The van der Waals surface area contributed by atoms with Crippen LogP contribution in [0.5, 0.6) is 0 Å². The standard InChI is InChI=1S/C13H24O5/c1-3-4-5-6-7-8-9-18-13(16)11(17-2)10-12(14)15/h11H,3-10H2,1-2H3,(H,14,15). The van der Waals surface area contributed by atoms with Gasteiger partial charge in [-0.3, -0.25) is 4.79 Å². The molecule has 1 unspecified atom stereocenters. The van der Waals surface area contributed by atoms with Crippen LogP contribution in [0.3, 0.4) is 0 Å². The number of carbonyl (C=O) groups excluding carboxylic acids is 1. The summed E-state index contributed by atoms with van der Waals surface area (Å²) in [4.78, 5) is 21.9. The largest absolute Gasteiger partial charge is 0.481 e. The molecule has 0 radical (unpaired) electrons. The Balaban J connectivity index is 3.59. The van der Waals surface area contributed by atoms with E-state index in [4.69, 9.17) is 14.6 Å². The van der Waals surface area contributed by atoms with Gasteiger partial charge in [0.15, 0.2) is 6.10 Å². The second kappa shape index (κ2) is 11.0. The van der Waals surface area contributed by atoms with E-state index >= 15 is 0 Å². The van der Waals surface area contributed by atoms with Gasteiger partial charge in [0.25, 0.3) is 0 Å². The third-order valence-electron chi connectivity index (χ3n) is 2.65. The molecule has 5 nitrogen and oxygen atoms in total. The van der Waals surface area contributed by atoms with E-state index in [-0.39, 0.29) is 6.42 Å². The zero-order valence-electron chi connectivity index (χ0n) is 11.3. The highest BCUT2D eigenvalue weighted by Crippen LogP contribution is 2.06. The minimum absolute atomic E-state index is 0.338. The molecule has 0 aliphatic carbocycles. The Kier molecular flexibility index (Phi) is 10.3. The number of carbonyl (C=O) groups is 2. The zero-order chi connectivity index (χ0) is 13.8. The quantitative estimate of drug-likeness (QED) is 0.456. The fourth-order valence-corrected chi connectivity index (χ4v) is 1.57. The molecule has 5 heteroatoms. The number of hydrogen-bond donors (Lipinski definition) is 1. The van der Waals surface area contributed by atoms with Crippen LogP contribution in [0, 0.1) is 0 Å². The van der Waals surface area contributed by atoms with Gasteiger partial charge in [-0.2, -0.15) is 0 Å². The van der Waals surface area contributed by atoms with Gasteiger partial charge in [-0.1, -0.05) is 39.0 Å². The van der Waals surface area contributed by atoms with E-state index in [2.05, 4.69) is 6.92 Å². The Hall–Kier alpha value is -1.10. The predicted molar refractivity (Wildman–Crippen MR) is 67.4 cm³/mol. The number of ether oxygens (including phenoxy) is 2. The van der Waals surface area contributed by atoms with Crippen molar-refractivity contribution in [1.82, 2.24) is 0 Å². The van der Waals surface area contributed by atoms with E-state index in [1.807, 2.05) is 0 Å². The number of esters is 1. The van der Waals surface area contributed by atoms with Gasteiger partial charge in [-0.15, -0.1) is 0 Å². The Morgan fingerprint density at radius 3 is 2.28 bits per heavy atom. The van der Waals surface area contributed by atoms with Crippen molar-refractivity contribution in [3.63, 3.8) is 0 Å². The number of methoxy groups -OCH3 is 1. The van der Waals surface area contributed by atoms with Gasteiger partial charge in [-0.25, -0.2) is 4.79 Å². The maximum absolute atomic E-state index is 11.4. The predicted octanol–water partition coefficient (Wildman–Crippen LogP) is 2.38. The number of hydrogen-bond acceptors (Lipinski definition) is 4. The van der Waals surface area contributed by atoms with Crippen LogP contribution in [0.15, 0.2) is 0 Å². The van der Waals surface area contributed by atoms with E-state index < -0.39 is 18.0 Å². The van der Waals surface area contributed by atoms with Crippen molar-refractivity contribution in [3.8, 4) is 0 Å². The first-order chi connectivity index (χ1) is 8.61. The van der Waals surface area contributed by atoms with Crippen molar-refractivity contribution in [3.05, 3.63) is 0 Å². The molecule has 0 aromatic heterocycles. The number of carboxylic acids is 1. The third-order valence-corrected chi connectivity index (χ3v) is 2.65. The molecule has 106 valence electrons. The molecular weight excluding hydrogens is 236 g/mol. The summed E-state index contributed by atoms with van der Waals surface area (Å²) in [5.41, 5.74) is 0. The lowest BCUT2D eigenvalue weighted by Crippen LogP contribution is -2.28. The molecular formula is C13H24O5. The summed E-state index contributed by atoms with van der Waals surface area (Å²) in [6.45, 7) is 2.50. The fourth-order valence-electron chi connectivity index (χ4n) is 1.57. The highest BCUT2D eigenvalue weighted by Gasteiger charge is 2.22. The molecule has 0 heterocycles. The van der Waals surface area contributed by atoms with E-state index in [9.17, 15) is 9.59 Å². The second-order valence-corrected chi connectivity index (χ2v) is 4.26. The van der Waals surface area contributed by atoms with Crippen LogP contribution in [-0.2, 0) is 19.1 Å². The molecule has 1 atom stereocenters.